The number of nitrogens with one attached hydrogen (secondary N) is 1. The molecule has 0 unspecified atom stereocenters. The Morgan fingerprint density at radius 2 is 2.00 bits per heavy atom. The van der Waals surface area contributed by atoms with Crippen molar-refractivity contribution >= 4 is 41.7 Å². The van der Waals surface area contributed by atoms with Crippen LogP contribution in [-0.4, -0.2) is 38.7 Å². The molecule has 0 amide bonds. The largest absolute Gasteiger partial charge is 0.493 e. The summed E-state index contributed by atoms with van der Waals surface area (Å²) >= 11 is 1.76. The summed E-state index contributed by atoms with van der Waals surface area (Å²) in [5.74, 6) is 2.88. The molecular weight excluding hydrogens is 389 g/mol. The summed E-state index contributed by atoms with van der Waals surface area (Å²) < 4.78 is 10.4. The van der Waals surface area contributed by atoms with Crippen molar-refractivity contribution in [1.29, 1.82) is 0 Å². The molecule has 5 nitrogen and oxygen atoms in total. The summed E-state index contributed by atoms with van der Waals surface area (Å²) in [6, 6.07) is 5.71. The second-order valence-electron chi connectivity index (χ2n) is 3.81. The number of nitrogens with zero attached hydrogens (tertiary/aromatic N) is 1. The molecule has 1 rings (SSSR count). The Balaban J connectivity index is 0.00000361. The molecule has 0 spiro atoms. The summed E-state index contributed by atoms with van der Waals surface area (Å²) in [5, 5.41) is 3.06. The van der Waals surface area contributed by atoms with Crippen LogP contribution in [0.5, 0.6) is 11.5 Å². The molecule has 0 aromatic heterocycles. The van der Waals surface area contributed by atoms with E-state index in [2.05, 4.69) is 16.6 Å². The number of ether oxygens (including phenoxy) is 2. The minimum atomic E-state index is 0. The van der Waals surface area contributed by atoms with E-state index in [0.717, 1.165) is 17.9 Å². The highest BCUT2D eigenvalue weighted by Gasteiger charge is 2.04. The molecule has 7 heteroatoms. The van der Waals surface area contributed by atoms with Gasteiger partial charge in [-0.15, -0.1) is 24.0 Å². The molecule has 0 aliphatic rings. The number of aliphatic imine (C=N–C) groups is 1. The van der Waals surface area contributed by atoms with Crippen molar-refractivity contribution in [2.75, 3.05) is 32.8 Å². The first kappa shape index (κ1) is 19.2. The quantitative estimate of drug-likeness (QED) is 0.311. The number of nitrogens with two attached hydrogens (primary N) is 1. The minimum Gasteiger partial charge on any atom is -0.493 e. The normalized spacial score (nSPS) is 10.7. The van der Waals surface area contributed by atoms with E-state index < -0.39 is 0 Å². The Morgan fingerprint density at radius 3 is 2.60 bits per heavy atom. The van der Waals surface area contributed by atoms with E-state index in [0.29, 0.717) is 24.0 Å². The number of benzene rings is 1. The van der Waals surface area contributed by atoms with Crippen LogP contribution < -0.4 is 20.5 Å². The molecule has 20 heavy (non-hydrogen) atoms. The zero-order chi connectivity index (χ0) is 14.1. The molecule has 0 fully saturated rings. The van der Waals surface area contributed by atoms with E-state index in [1.54, 1.807) is 26.0 Å². The standard InChI is InChI=1S/C13H21N3O2S.HI/c1-17-11-5-4-10(8-12(11)18-2)9-16-13(14)15-6-7-19-3;/h4-5,8H,6-7,9H2,1-3H3,(H3,14,15,16);1H. The molecule has 1 aromatic carbocycles. The maximum atomic E-state index is 5.76. The second-order valence-corrected chi connectivity index (χ2v) is 4.80. The fourth-order valence-corrected chi connectivity index (χ4v) is 1.80. The van der Waals surface area contributed by atoms with Gasteiger partial charge in [-0.3, -0.25) is 0 Å². The van der Waals surface area contributed by atoms with E-state index in [4.69, 9.17) is 15.2 Å². The molecule has 3 N–H and O–H groups in total. The van der Waals surface area contributed by atoms with Gasteiger partial charge in [0.05, 0.1) is 20.8 Å². The van der Waals surface area contributed by atoms with Gasteiger partial charge in [-0.05, 0) is 24.0 Å². The van der Waals surface area contributed by atoms with Crippen LogP contribution in [0.25, 0.3) is 0 Å². The summed E-state index contributed by atoms with van der Waals surface area (Å²) in [6.45, 7) is 1.33. The van der Waals surface area contributed by atoms with Crippen LogP contribution in [0.15, 0.2) is 23.2 Å². The van der Waals surface area contributed by atoms with Gasteiger partial charge in [-0.2, -0.15) is 11.8 Å². The zero-order valence-corrected chi connectivity index (χ0v) is 15.2. The SMILES string of the molecule is COc1ccc(CN=C(N)NCCSC)cc1OC.I. The number of halogens is 1. The van der Waals surface area contributed by atoms with Gasteiger partial charge in [0.2, 0.25) is 0 Å². The fraction of sp³-hybridized carbons (Fsp3) is 0.462. The number of thioether (sulfide) groups is 1. The third-order valence-corrected chi connectivity index (χ3v) is 3.10. The van der Waals surface area contributed by atoms with Gasteiger partial charge < -0.3 is 20.5 Å². The van der Waals surface area contributed by atoms with E-state index in [-0.39, 0.29) is 24.0 Å². The third-order valence-electron chi connectivity index (χ3n) is 2.49. The van der Waals surface area contributed by atoms with Crippen molar-refractivity contribution in [1.82, 2.24) is 5.32 Å². The molecule has 0 radical (unpaired) electrons. The topological polar surface area (TPSA) is 68.9 Å². The first-order chi connectivity index (χ1) is 9.21. The van der Waals surface area contributed by atoms with E-state index in [1.807, 2.05) is 18.2 Å². The minimum absolute atomic E-state index is 0. The van der Waals surface area contributed by atoms with Crippen molar-refractivity contribution < 1.29 is 9.47 Å². The number of hydrogen-bond acceptors (Lipinski definition) is 4. The molecule has 0 atom stereocenters. The molecule has 0 saturated heterocycles. The summed E-state index contributed by atoms with van der Waals surface area (Å²) in [5.41, 5.74) is 6.78. The van der Waals surface area contributed by atoms with Crippen LogP contribution in [0.1, 0.15) is 5.56 Å². The Morgan fingerprint density at radius 1 is 1.30 bits per heavy atom. The predicted octanol–water partition coefficient (Wildman–Crippen LogP) is 2.09. The molecule has 0 aliphatic carbocycles. The molecule has 0 bridgehead atoms. The smallest absolute Gasteiger partial charge is 0.188 e. The lowest BCUT2D eigenvalue weighted by atomic mass is 10.2. The Bertz CT molecular complexity index is 430. The lowest BCUT2D eigenvalue weighted by molar-refractivity contribution is 0.354. The van der Waals surface area contributed by atoms with Crippen LogP contribution >= 0.6 is 35.7 Å². The molecule has 0 aliphatic heterocycles. The van der Waals surface area contributed by atoms with Gasteiger partial charge in [0, 0.05) is 12.3 Å². The van der Waals surface area contributed by atoms with Crippen molar-refractivity contribution in [3.63, 3.8) is 0 Å². The first-order valence-electron chi connectivity index (χ1n) is 5.95. The summed E-state index contributed by atoms with van der Waals surface area (Å²) in [4.78, 5) is 4.27. The number of rotatable bonds is 7. The van der Waals surface area contributed by atoms with E-state index >= 15 is 0 Å². The van der Waals surface area contributed by atoms with Crippen LogP contribution in [0.4, 0.5) is 0 Å². The van der Waals surface area contributed by atoms with Crippen LogP contribution in [0, 0.1) is 0 Å². The van der Waals surface area contributed by atoms with Crippen molar-refractivity contribution in [2.24, 2.45) is 10.7 Å². The number of guanidine groups is 1. The molecule has 0 heterocycles. The van der Waals surface area contributed by atoms with E-state index in [9.17, 15) is 0 Å². The lowest BCUT2D eigenvalue weighted by Gasteiger charge is -2.09. The summed E-state index contributed by atoms with van der Waals surface area (Å²) in [6.07, 6.45) is 2.05. The van der Waals surface area contributed by atoms with Gasteiger partial charge in [0.15, 0.2) is 17.5 Å². The van der Waals surface area contributed by atoms with Crippen molar-refractivity contribution in [3.05, 3.63) is 23.8 Å². The second kappa shape index (κ2) is 10.9. The highest BCUT2D eigenvalue weighted by Crippen LogP contribution is 2.27. The van der Waals surface area contributed by atoms with E-state index in [1.165, 1.54) is 0 Å². The van der Waals surface area contributed by atoms with Crippen LogP contribution in [-0.2, 0) is 6.54 Å². The zero-order valence-electron chi connectivity index (χ0n) is 12.0. The van der Waals surface area contributed by atoms with Crippen LogP contribution in [0.3, 0.4) is 0 Å². The molecule has 114 valence electrons. The average Bonchev–Trinajstić information content (AvgIpc) is 2.45. The average molecular weight is 411 g/mol. The highest BCUT2D eigenvalue weighted by molar-refractivity contribution is 14.0. The lowest BCUT2D eigenvalue weighted by Crippen LogP contribution is -2.33. The number of methoxy groups -OCH3 is 2. The van der Waals surface area contributed by atoms with Gasteiger partial charge in [-0.1, -0.05) is 6.07 Å². The molecule has 0 saturated carbocycles. The fourth-order valence-electron chi connectivity index (χ4n) is 1.49. The van der Waals surface area contributed by atoms with Gasteiger partial charge in [0.1, 0.15) is 0 Å². The maximum Gasteiger partial charge on any atom is 0.188 e. The predicted molar refractivity (Wildman–Crippen MR) is 96.7 cm³/mol. The monoisotopic (exact) mass is 411 g/mol. The highest BCUT2D eigenvalue weighted by atomic mass is 127. The Labute approximate surface area is 141 Å². The third kappa shape index (κ3) is 6.56. The Hall–Kier alpha value is -0.830. The summed E-state index contributed by atoms with van der Waals surface area (Å²) in [7, 11) is 3.23. The van der Waals surface area contributed by atoms with Gasteiger partial charge >= 0.3 is 0 Å². The Kier molecular flexibility index (Phi) is 10.4. The molecule has 1 aromatic rings. The van der Waals surface area contributed by atoms with Gasteiger partial charge in [-0.25, -0.2) is 4.99 Å². The van der Waals surface area contributed by atoms with Crippen molar-refractivity contribution in [2.45, 2.75) is 6.54 Å². The van der Waals surface area contributed by atoms with Crippen LogP contribution in [0.2, 0.25) is 0 Å². The maximum absolute atomic E-state index is 5.76. The van der Waals surface area contributed by atoms with Gasteiger partial charge in [0.25, 0.3) is 0 Å². The van der Waals surface area contributed by atoms with Crippen molar-refractivity contribution in [3.8, 4) is 11.5 Å². The number of hydrogen-bond donors (Lipinski definition) is 2. The molecular formula is C13H22IN3O2S. The first-order valence-corrected chi connectivity index (χ1v) is 7.34.